The first kappa shape index (κ1) is 35.3. The van der Waals surface area contributed by atoms with Crippen LogP contribution in [0.3, 0.4) is 0 Å². The second-order valence-electron chi connectivity index (χ2n) is 13.1. The summed E-state index contributed by atoms with van der Waals surface area (Å²) in [5.74, 6) is -1.13. The minimum absolute atomic E-state index is 0.214. The maximum absolute atomic E-state index is 14.5. The molecule has 10 heteroatoms. The van der Waals surface area contributed by atoms with Crippen molar-refractivity contribution < 1.29 is 23.9 Å². The van der Waals surface area contributed by atoms with Gasteiger partial charge in [0, 0.05) is 25.6 Å². The van der Waals surface area contributed by atoms with E-state index in [4.69, 9.17) is 4.74 Å². The van der Waals surface area contributed by atoms with Gasteiger partial charge in [-0.25, -0.2) is 0 Å². The van der Waals surface area contributed by atoms with Crippen LogP contribution in [-0.2, 0) is 32.0 Å². The highest BCUT2D eigenvalue weighted by molar-refractivity contribution is 5.96. The lowest BCUT2D eigenvalue weighted by Crippen LogP contribution is -2.61. The zero-order valence-electron chi connectivity index (χ0n) is 28.7. The van der Waals surface area contributed by atoms with Gasteiger partial charge in [0.1, 0.15) is 30.0 Å². The Bertz CT molecular complexity index is 1610. The van der Waals surface area contributed by atoms with Gasteiger partial charge < -0.3 is 25.6 Å². The molecule has 0 radical (unpaired) electrons. The maximum atomic E-state index is 14.5. The Hall–Kier alpha value is -4.96. The van der Waals surface area contributed by atoms with Crippen molar-refractivity contribution in [3.8, 4) is 5.75 Å². The van der Waals surface area contributed by atoms with Gasteiger partial charge >= 0.3 is 0 Å². The van der Waals surface area contributed by atoms with Crippen LogP contribution in [0.5, 0.6) is 5.75 Å². The summed E-state index contributed by atoms with van der Waals surface area (Å²) in [5, 5.41) is 8.83. The van der Waals surface area contributed by atoms with E-state index in [1.54, 1.807) is 24.4 Å². The number of nitrogens with one attached hydrogen (secondary N) is 3. The third-order valence-corrected chi connectivity index (χ3v) is 9.45. The Morgan fingerprint density at radius 1 is 0.939 bits per heavy atom. The van der Waals surface area contributed by atoms with Crippen molar-refractivity contribution >= 4 is 29.7 Å². The lowest BCUT2D eigenvalue weighted by atomic mass is 9.96. The van der Waals surface area contributed by atoms with Crippen LogP contribution in [0.1, 0.15) is 43.4 Å². The summed E-state index contributed by atoms with van der Waals surface area (Å²) in [6, 6.07) is 23.2. The number of carbonyl (C=O) groups is 4. The van der Waals surface area contributed by atoms with E-state index >= 15 is 0 Å². The van der Waals surface area contributed by atoms with Crippen LogP contribution < -0.4 is 20.7 Å². The van der Waals surface area contributed by atoms with E-state index in [0.717, 1.165) is 16.7 Å². The molecule has 0 spiro atoms. The fourth-order valence-corrected chi connectivity index (χ4v) is 6.37. The molecule has 3 N–H and O–H groups in total. The number of carbonyl (C=O) groups excluding carboxylic acids is 4. The van der Waals surface area contributed by atoms with Gasteiger partial charge in [0.2, 0.25) is 23.6 Å². The first-order valence-electron chi connectivity index (χ1n) is 17.0. The van der Waals surface area contributed by atoms with E-state index < -0.39 is 36.2 Å². The number of rotatable bonds is 10. The predicted molar refractivity (Wildman–Crippen MR) is 189 cm³/mol. The minimum atomic E-state index is -1.03. The molecule has 4 amide bonds. The first-order valence-corrected chi connectivity index (χ1v) is 17.0. The monoisotopic (exact) mass is 665 g/mol. The molecule has 3 aliphatic heterocycles. The maximum Gasteiger partial charge on any atom is 0.247 e. The third-order valence-electron chi connectivity index (χ3n) is 9.45. The number of nitrogens with zero attached hydrogens (tertiary/aromatic N) is 2. The second kappa shape index (κ2) is 16.4. The van der Waals surface area contributed by atoms with Crippen molar-refractivity contribution in [2.24, 2.45) is 5.92 Å². The molecule has 6 rings (SSSR count). The summed E-state index contributed by atoms with van der Waals surface area (Å²) in [5.41, 5.74) is 2.75. The van der Waals surface area contributed by atoms with E-state index in [9.17, 15) is 19.2 Å². The van der Waals surface area contributed by atoms with Gasteiger partial charge in [0.15, 0.2) is 0 Å². The number of likely N-dealkylation sites (N-methyl/N-ethyl adjacent to an activating group) is 1. The quantitative estimate of drug-likeness (QED) is 0.305. The lowest BCUT2D eigenvalue weighted by Gasteiger charge is -2.34. The Morgan fingerprint density at radius 3 is 2.22 bits per heavy atom. The normalized spacial score (nSPS) is 21.7. The zero-order chi connectivity index (χ0) is 34.9. The predicted octanol–water partition coefficient (Wildman–Crippen LogP) is 3.57. The molecule has 3 aromatic carbocycles. The molecule has 0 aromatic heterocycles. The molecule has 3 aliphatic rings. The summed E-state index contributed by atoms with van der Waals surface area (Å²) in [4.78, 5) is 59.5. The number of hydrogen-bond acceptors (Lipinski definition) is 6. The molecule has 0 saturated carbocycles. The Morgan fingerprint density at radius 2 is 1.59 bits per heavy atom. The fourth-order valence-electron chi connectivity index (χ4n) is 6.37. The molecule has 1 saturated heterocycles. The molecule has 258 valence electrons. The highest BCUT2D eigenvalue weighted by atomic mass is 16.5. The van der Waals surface area contributed by atoms with Crippen molar-refractivity contribution in [3.05, 3.63) is 108 Å². The average molecular weight is 666 g/mol. The summed E-state index contributed by atoms with van der Waals surface area (Å²) in [7, 11) is 3.69. The Balaban J connectivity index is 1.44. The van der Waals surface area contributed by atoms with Crippen molar-refractivity contribution in [1.29, 1.82) is 0 Å². The summed E-state index contributed by atoms with van der Waals surface area (Å²) in [6.45, 7) is 4.15. The van der Waals surface area contributed by atoms with Crippen molar-refractivity contribution in [2.75, 3.05) is 20.6 Å². The molecular formula is C39H47N5O5. The standard InChI is InChI=1S/C39H47N5O5/c1-5-26(2)34(42-37(46)32(43(3)4)25-29-14-10-7-11-15-29)39(48)44-23-21-33-35(44)38(47)41-31(24-28-12-8-6-9-13-28)36(45)40-22-20-27-16-18-30(49-33)19-17-27/h6-20,22,26,31-35H,5,21,23-25H2,1-4H3,(H,40,45)(H,41,47)(H,42,46)/b22-20-. The van der Waals surface area contributed by atoms with E-state index in [0.29, 0.717) is 25.0 Å². The van der Waals surface area contributed by atoms with Crippen LogP contribution in [0.2, 0.25) is 0 Å². The molecule has 3 heterocycles. The lowest BCUT2D eigenvalue weighted by molar-refractivity contribution is -0.145. The molecule has 1 fully saturated rings. The van der Waals surface area contributed by atoms with Crippen LogP contribution in [0, 0.1) is 5.92 Å². The topological polar surface area (TPSA) is 120 Å². The zero-order valence-corrected chi connectivity index (χ0v) is 28.7. The Labute approximate surface area is 288 Å². The smallest absolute Gasteiger partial charge is 0.247 e. The second-order valence-corrected chi connectivity index (χ2v) is 13.1. The fraction of sp³-hybridized carbons (Fsp3) is 0.385. The van der Waals surface area contributed by atoms with Crippen molar-refractivity contribution in [1.82, 2.24) is 25.8 Å². The average Bonchev–Trinajstić information content (AvgIpc) is 3.53. The molecule has 2 bridgehead atoms. The van der Waals surface area contributed by atoms with Crippen LogP contribution in [0.4, 0.5) is 0 Å². The summed E-state index contributed by atoms with van der Waals surface area (Å²) in [6.07, 6.45) is 4.42. The van der Waals surface area contributed by atoms with Crippen LogP contribution in [-0.4, -0.2) is 84.3 Å². The van der Waals surface area contributed by atoms with Gasteiger partial charge in [-0.15, -0.1) is 0 Å². The number of likely N-dealkylation sites (tertiary alicyclic amines) is 1. The van der Waals surface area contributed by atoms with Crippen LogP contribution in [0.25, 0.3) is 6.08 Å². The van der Waals surface area contributed by atoms with E-state index in [2.05, 4.69) is 16.0 Å². The van der Waals surface area contributed by atoms with Crippen molar-refractivity contribution in [2.45, 2.75) is 69.8 Å². The summed E-state index contributed by atoms with van der Waals surface area (Å²) >= 11 is 0. The highest BCUT2D eigenvalue weighted by Gasteiger charge is 2.47. The molecule has 3 aromatic rings. The molecule has 49 heavy (non-hydrogen) atoms. The van der Waals surface area contributed by atoms with E-state index in [1.165, 1.54) is 4.90 Å². The number of benzene rings is 3. The number of amides is 4. The SMILES string of the molecule is CCC(C)C(NC(=O)C(Cc1ccccc1)N(C)C)C(=O)N1CCC2Oc3ccc(cc3)/C=C\NC(=O)C(Cc3ccccc3)NC(=O)C21. The van der Waals surface area contributed by atoms with Gasteiger partial charge in [0.05, 0.1) is 6.04 Å². The van der Waals surface area contributed by atoms with E-state index in [-0.39, 0.29) is 36.6 Å². The summed E-state index contributed by atoms with van der Waals surface area (Å²) < 4.78 is 6.38. The molecule has 6 unspecified atom stereocenters. The minimum Gasteiger partial charge on any atom is -0.488 e. The largest absolute Gasteiger partial charge is 0.488 e. The van der Waals surface area contributed by atoms with Gasteiger partial charge in [-0.1, -0.05) is 93.1 Å². The van der Waals surface area contributed by atoms with E-state index in [1.807, 2.05) is 106 Å². The van der Waals surface area contributed by atoms with Gasteiger partial charge in [-0.05, 0) is 61.3 Å². The third kappa shape index (κ3) is 8.94. The molecule has 0 aliphatic carbocycles. The number of fused-ring (bicyclic) bond motifs is 7. The van der Waals surface area contributed by atoms with Crippen LogP contribution in [0.15, 0.2) is 91.1 Å². The highest BCUT2D eigenvalue weighted by Crippen LogP contribution is 2.27. The molecular weight excluding hydrogens is 618 g/mol. The van der Waals surface area contributed by atoms with Gasteiger partial charge in [-0.3, -0.25) is 24.1 Å². The number of hydrogen-bond donors (Lipinski definition) is 3. The molecule has 6 atom stereocenters. The first-order chi connectivity index (χ1) is 23.6. The van der Waals surface area contributed by atoms with Gasteiger partial charge in [-0.2, -0.15) is 0 Å². The molecule has 10 nitrogen and oxygen atoms in total. The van der Waals surface area contributed by atoms with Crippen molar-refractivity contribution in [3.63, 3.8) is 0 Å². The van der Waals surface area contributed by atoms with Gasteiger partial charge in [0.25, 0.3) is 0 Å². The van der Waals surface area contributed by atoms with Crippen LogP contribution >= 0.6 is 0 Å². The number of ether oxygens (including phenoxy) is 1. The Kier molecular flexibility index (Phi) is 11.9.